The van der Waals surface area contributed by atoms with E-state index in [1.807, 2.05) is 19.9 Å². The smallest absolute Gasteiger partial charge is 0.439 e. The summed E-state index contributed by atoms with van der Waals surface area (Å²) in [6.45, 7) is 7.14. The number of rotatable bonds is 5. The van der Waals surface area contributed by atoms with Gasteiger partial charge in [-0.15, -0.1) is 0 Å². The Labute approximate surface area is 209 Å². The van der Waals surface area contributed by atoms with Crippen LogP contribution in [0.2, 0.25) is 0 Å². The van der Waals surface area contributed by atoms with Crippen molar-refractivity contribution in [2.45, 2.75) is 33.7 Å². The number of nitrogens with one attached hydrogen (secondary N) is 2. The summed E-state index contributed by atoms with van der Waals surface area (Å²) in [5, 5.41) is 7.47. The lowest BCUT2D eigenvalue weighted by Crippen LogP contribution is -2.13. The van der Waals surface area contributed by atoms with E-state index in [1.165, 1.54) is 6.07 Å². The second-order valence-corrected chi connectivity index (χ2v) is 8.90. The van der Waals surface area contributed by atoms with Crippen LogP contribution in [0.4, 0.5) is 14.5 Å². The second-order valence-electron chi connectivity index (χ2n) is 8.90. The Balaban J connectivity index is 1.65. The van der Waals surface area contributed by atoms with E-state index in [1.54, 1.807) is 32.0 Å². The molecule has 0 spiro atoms. The number of hydrogen-bond donors (Lipinski definition) is 2. The lowest BCUT2D eigenvalue weighted by molar-refractivity contribution is 0.388. The number of aryl methyl sites for hydroxylation is 2. The maximum absolute atomic E-state index is 14.0. The van der Waals surface area contributed by atoms with Crippen LogP contribution in [-0.4, -0.2) is 15.1 Å². The highest BCUT2D eigenvalue weighted by Crippen LogP contribution is 2.34. The van der Waals surface area contributed by atoms with Gasteiger partial charge in [0.25, 0.3) is 0 Å². The van der Waals surface area contributed by atoms with E-state index >= 15 is 0 Å². The number of benzene rings is 2. The summed E-state index contributed by atoms with van der Waals surface area (Å²) >= 11 is 0. The van der Waals surface area contributed by atoms with E-state index in [2.05, 4.69) is 25.0 Å². The highest BCUT2D eigenvalue weighted by atomic mass is 19.2. The minimum absolute atomic E-state index is 0.159. The highest BCUT2D eigenvalue weighted by Gasteiger charge is 2.21. The van der Waals surface area contributed by atoms with Gasteiger partial charge in [0.05, 0.1) is 17.1 Å². The molecule has 5 rings (SSSR count). The van der Waals surface area contributed by atoms with Gasteiger partial charge in [0.1, 0.15) is 17.0 Å². The molecule has 0 saturated carbocycles. The Morgan fingerprint density at radius 1 is 1.00 bits per heavy atom. The molecule has 0 aliphatic rings. The first-order valence-electron chi connectivity index (χ1n) is 11.5. The van der Waals surface area contributed by atoms with Crippen molar-refractivity contribution < 1.29 is 17.7 Å². The van der Waals surface area contributed by atoms with Crippen LogP contribution in [-0.2, 0) is 0 Å². The predicted octanol–water partition coefficient (Wildman–Crippen LogP) is 5.57. The first-order chi connectivity index (χ1) is 17.6. The molecule has 0 bridgehead atoms. The first-order valence-corrected chi connectivity index (χ1v) is 11.5. The minimum atomic E-state index is -1.04. The lowest BCUT2D eigenvalue weighted by Gasteiger charge is -2.20. The molecule has 0 unspecified atom stereocenters. The number of anilines is 1. The predicted molar refractivity (Wildman–Crippen MR) is 134 cm³/mol. The second kappa shape index (κ2) is 9.12. The van der Waals surface area contributed by atoms with Crippen LogP contribution < -0.4 is 16.5 Å². The molecule has 0 amide bonds. The van der Waals surface area contributed by atoms with Crippen molar-refractivity contribution in [1.82, 2.24) is 15.1 Å². The largest absolute Gasteiger partial charge is 0.455 e. The minimum Gasteiger partial charge on any atom is -0.455 e. The van der Waals surface area contributed by atoms with E-state index in [9.17, 15) is 18.4 Å². The van der Waals surface area contributed by atoms with E-state index in [0.29, 0.717) is 33.6 Å². The van der Waals surface area contributed by atoms with E-state index in [0.717, 1.165) is 17.7 Å². The summed E-state index contributed by atoms with van der Waals surface area (Å²) in [6.07, 6.45) is 0. The molecular weight excluding hydrogens is 482 g/mol. The summed E-state index contributed by atoms with van der Waals surface area (Å²) < 4.78 is 38.4. The van der Waals surface area contributed by atoms with Crippen molar-refractivity contribution in [3.8, 4) is 22.8 Å². The molecule has 0 radical (unpaired) electrons. The molecule has 0 fully saturated rings. The molecule has 37 heavy (non-hydrogen) atoms. The van der Waals surface area contributed by atoms with Crippen LogP contribution in [0, 0.1) is 32.4 Å². The Morgan fingerprint density at radius 2 is 1.78 bits per heavy atom. The van der Waals surface area contributed by atoms with Crippen molar-refractivity contribution >= 4 is 16.7 Å². The summed E-state index contributed by atoms with van der Waals surface area (Å²) in [6, 6.07) is 10.2. The van der Waals surface area contributed by atoms with Crippen LogP contribution in [0.25, 0.3) is 33.8 Å². The number of aromatic amines is 1. The average molecular weight is 504 g/mol. The summed E-state index contributed by atoms with van der Waals surface area (Å²) in [5.74, 6) is -2.41. The van der Waals surface area contributed by atoms with Gasteiger partial charge in [0.15, 0.2) is 17.1 Å². The van der Waals surface area contributed by atoms with E-state index in [4.69, 9.17) is 4.42 Å². The number of fused-ring (bicyclic) bond motifs is 1. The van der Waals surface area contributed by atoms with Crippen molar-refractivity contribution in [3.63, 3.8) is 0 Å². The zero-order valence-corrected chi connectivity index (χ0v) is 20.4. The van der Waals surface area contributed by atoms with Crippen LogP contribution in [0.3, 0.4) is 0 Å². The normalized spacial score (nSPS) is 12.2. The fourth-order valence-corrected chi connectivity index (χ4v) is 4.30. The van der Waals surface area contributed by atoms with Crippen molar-refractivity contribution in [1.29, 1.82) is 0 Å². The van der Waals surface area contributed by atoms with Gasteiger partial charge in [-0.25, -0.2) is 18.6 Å². The molecular formula is C27H22F2N4O4. The molecule has 0 saturated heterocycles. The summed E-state index contributed by atoms with van der Waals surface area (Å²) in [4.78, 5) is 31.8. The summed E-state index contributed by atoms with van der Waals surface area (Å²) in [5.41, 5.74) is 3.74. The molecule has 0 aliphatic heterocycles. The molecule has 3 aromatic heterocycles. The molecule has 2 aromatic carbocycles. The Bertz CT molecular complexity index is 1790. The molecule has 3 heterocycles. The fourth-order valence-electron chi connectivity index (χ4n) is 4.30. The van der Waals surface area contributed by atoms with E-state index in [-0.39, 0.29) is 28.1 Å². The zero-order chi connectivity index (χ0) is 26.4. The van der Waals surface area contributed by atoms with Crippen molar-refractivity contribution in [2.24, 2.45) is 0 Å². The molecule has 0 aliphatic carbocycles. The number of nitrogens with zero attached hydrogens (tertiary/aromatic N) is 2. The molecule has 1 atom stereocenters. The zero-order valence-electron chi connectivity index (χ0n) is 20.4. The Morgan fingerprint density at radius 3 is 2.49 bits per heavy atom. The molecule has 8 nitrogen and oxygen atoms in total. The highest BCUT2D eigenvalue weighted by molar-refractivity contribution is 5.85. The number of aromatic nitrogens is 3. The van der Waals surface area contributed by atoms with Gasteiger partial charge in [-0.1, -0.05) is 11.2 Å². The molecule has 188 valence electrons. The van der Waals surface area contributed by atoms with Gasteiger partial charge < -0.3 is 9.73 Å². The van der Waals surface area contributed by atoms with Gasteiger partial charge in [-0.2, -0.15) is 0 Å². The SMILES string of the molecule is Cc1cc([C@@H](C)Nc2ccc(C)nc2-c2noc(=O)[nH]2)c2oc(-c3ccc(F)c(F)c3)c(C)c(=O)c2c1. The Kier molecular flexibility index (Phi) is 5.94. The van der Waals surface area contributed by atoms with Crippen LogP contribution in [0.1, 0.15) is 35.3 Å². The van der Waals surface area contributed by atoms with Crippen LogP contribution in [0.5, 0.6) is 0 Å². The van der Waals surface area contributed by atoms with E-state index < -0.39 is 23.4 Å². The van der Waals surface area contributed by atoms with Gasteiger partial charge in [0.2, 0.25) is 5.82 Å². The third-order valence-corrected chi connectivity index (χ3v) is 6.11. The van der Waals surface area contributed by atoms with Gasteiger partial charge in [-0.05, 0) is 69.7 Å². The van der Waals surface area contributed by atoms with Crippen molar-refractivity contribution in [2.75, 3.05) is 5.32 Å². The number of hydrogen-bond acceptors (Lipinski definition) is 7. The monoisotopic (exact) mass is 504 g/mol. The fraction of sp³-hybridized carbons (Fsp3) is 0.185. The lowest BCUT2D eigenvalue weighted by atomic mass is 9.98. The van der Waals surface area contributed by atoms with Gasteiger partial charge in [0, 0.05) is 22.4 Å². The topological polar surface area (TPSA) is 114 Å². The number of H-pyrrole nitrogens is 1. The molecule has 10 heteroatoms. The van der Waals surface area contributed by atoms with Crippen LogP contribution >= 0.6 is 0 Å². The molecule has 2 N–H and O–H groups in total. The van der Waals surface area contributed by atoms with Crippen molar-refractivity contribution in [3.05, 3.63) is 97.3 Å². The third-order valence-electron chi connectivity index (χ3n) is 6.11. The number of pyridine rings is 1. The van der Waals surface area contributed by atoms with Crippen LogP contribution in [0.15, 0.2) is 61.0 Å². The van der Waals surface area contributed by atoms with Gasteiger partial charge >= 0.3 is 5.76 Å². The average Bonchev–Trinajstić information content (AvgIpc) is 3.30. The maximum atomic E-state index is 14.0. The number of halogens is 2. The summed E-state index contributed by atoms with van der Waals surface area (Å²) in [7, 11) is 0. The van der Waals surface area contributed by atoms with Gasteiger partial charge in [-0.3, -0.25) is 14.3 Å². The quantitative estimate of drug-likeness (QED) is 0.321. The maximum Gasteiger partial charge on any atom is 0.439 e. The third kappa shape index (κ3) is 4.42. The standard InChI is InChI=1S/C27H22F2N4O4/c1-12-9-17(15(4)31-21-8-5-13(2)30-22(21)26-32-27(35)37-33-26)25-18(10-12)23(34)14(3)24(36-25)16-6-7-19(28)20(29)11-16/h5-11,15,31H,1-4H3,(H,32,33,35)/t15-/m1/s1. The molecule has 5 aromatic rings. The Hall–Kier alpha value is -4.60. The first kappa shape index (κ1) is 24.1.